The molecule has 1 saturated carbocycles. The van der Waals surface area contributed by atoms with Crippen LogP contribution in [0.2, 0.25) is 0 Å². The van der Waals surface area contributed by atoms with Crippen LogP contribution in [-0.2, 0) is 4.79 Å². The number of nitrogens with zero attached hydrogens (tertiary/aromatic N) is 2. The van der Waals surface area contributed by atoms with Crippen LogP contribution in [0.5, 0.6) is 0 Å². The van der Waals surface area contributed by atoms with Gasteiger partial charge in [-0.1, -0.05) is 0 Å². The molecule has 1 fully saturated rings. The maximum Gasteiger partial charge on any atom is 0.222 e. The summed E-state index contributed by atoms with van der Waals surface area (Å²) in [5.41, 5.74) is 2.36. The summed E-state index contributed by atoms with van der Waals surface area (Å²) < 4.78 is 0. The second-order valence-electron chi connectivity index (χ2n) is 5.21. The van der Waals surface area contributed by atoms with E-state index in [0.29, 0.717) is 11.4 Å². The van der Waals surface area contributed by atoms with Crippen molar-refractivity contribution in [3.05, 3.63) is 42.4 Å². The molecule has 1 aliphatic carbocycles. The summed E-state index contributed by atoms with van der Waals surface area (Å²) in [4.78, 5) is 31.4. The summed E-state index contributed by atoms with van der Waals surface area (Å²) in [6, 6.07) is 5.44. The third-order valence-electron chi connectivity index (χ3n) is 3.37. The standard InChI is InChI=1S/C16H15N3O2/c1-10(20)19-15-7-12(4-5-18-15)13-6-14(9-17-8-13)16(21)11-2-3-11/h4-9,11H,2-3H2,1H3,(H,18,19,20). The average molecular weight is 281 g/mol. The molecular weight excluding hydrogens is 266 g/mol. The van der Waals surface area contributed by atoms with Crippen LogP contribution < -0.4 is 5.32 Å². The van der Waals surface area contributed by atoms with E-state index in [-0.39, 0.29) is 17.6 Å². The number of rotatable bonds is 4. The Morgan fingerprint density at radius 3 is 2.71 bits per heavy atom. The number of hydrogen-bond donors (Lipinski definition) is 1. The number of ketones is 1. The van der Waals surface area contributed by atoms with Gasteiger partial charge in [-0.2, -0.15) is 0 Å². The van der Waals surface area contributed by atoms with E-state index in [9.17, 15) is 9.59 Å². The van der Waals surface area contributed by atoms with Crippen molar-refractivity contribution >= 4 is 17.5 Å². The van der Waals surface area contributed by atoms with Gasteiger partial charge in [-0.3, -0.25) is 14.6 Å². The van der Waals surface area contributed by atoms with Gasteiger partial charge in [-0.15, -0.1) is 0 Å². The van der Waals surface area contributed by atoms with Crippen molar-refractivity contribution in [3.63, 3.8) is 0 Å². The van der Waals surface area contributed by atoms with Gasteiger partial charge in [0, 0.05) is 42.6 Å². The van der Waals surface area contributed by atoms with Gasteiger partial charge in [0.15, 0.2) is 5.78 Å². The third kappa shape index (κ3) is 3.13. The van der Waals surface area contributed by atoms with Crippen LogP contribution in [0.1, 0.15) is 30.1 Å². The van der Waals surface area contributed by atoms with Gasteiger partial charge in [0.05, 0.1) is 0 Å². The van der Waals surface area contributed by atoms with E-state index in [4.69, 9.17) is 0 Å². The number of anilines is 1. The summed E-state index contributed by atoms with van der Waals surface area (Å²) in [5, 5.41) is 2.64. The Morgan fingerprint density at radius 1 is 1.19 bits per heavy atom. The minimum absolute atomic E-state index is 0.167. The molecule has 0 saturated heterocycles. The molecule has 1 aliphatic rings. The van der Waals surface area contributed by atoms with Crippen molar-refractivity contribution in [2.45, 2.75) is 19.8 Å². The van der Waals surface area contributed by atoms with Gasteiger partial charge in [0.25, 0.3) is 0 Å². The lowest BCUT2D eigenvalue weighted by Gasteiger charge is -2.06. The number of aromatic nitrogens is 2. The summed E-state index contributed by atoms with van der Waals surface area (Å²) in [6.07, 6.45) is 6.89. The molecule has 0 bridgehead atoms. The smallest absolute Gasteiger partial charge is 0.222 e. The molecule has 106 valence electrons. The second kappa shape index (κ2) is 5.44. The monoisotopic (exact) mass is 281 g/mol. The molecule has 0 aromatic carbocycles. The molecule has 5 heteroatoms. The van der Waals surface area contributed by atoms with E-state index >= 15 is 0 Å². The Morgan fingerprint density at radius 2 is 2.00 bits per heavy atom. The highest BCUT2D eigenvalue weighted by molar-refractivity contribution is 6.00. The molecular formula is C16H15N3O2. The normalized spacial score (nSPS) is 13.8. The van der Waals surface area contributed by atoms with Gasteiger partial charge in [-0.25, -0.2) is 4.98 Å². The van der Waals surface area contributed by atoms with Crippen LogP contribution in [-0.4, -0.2) is 21.7 Å². The molecule has 5 nitrogen and oxygen atoms in total. The maximum atomic E-state index is 12.1. The lowest BCUT2D eigenvalue weighted by Crippen LogP contribution is -2.07. The number of pyridine rings is 2. The first-order valence-electron chi connectivity index (χ1n) is 6.87. The molecule has 2 heterocycles. The Balaban J connectivity index is 1.91. The molecule has 0 unspecified atom stereocenters. The topological polar surface area (TPSA) is 72.0 Å². The molecule has 0 spiro atoms. The van der Waals surface area contributed by atoms with Crippen molar-refractivity contribution in [1.82, 2.24) is 9.97 Å². The molecule has 0 atom stereocenters. The second-order valence-corrected chi connectivity index (χ2v) is 5.21. The number of carbonyl (C=O) groups excluding carboxylic acids is 2. The van der Waals surface area contributed by atoms with Gasteiger partial charge >= 0.3 is 0 Å². The molecule has 2 aromatic rings. The van der Waals surface area contributed by atoms with Crippen molar-refractivity contribution in [2.75, 3.05) is 5.32 Å². The number of hydrogen-bond acceptors (Lipinski definition) is 4. The van der Waals surface area contributed by atoms with Crippen LogP contribution in [0.3, 0.4) is 0 Å². The molecule has 1 amide bonds. The van der Waals surface area contributed by atoms with E-state index in [1.807, 2.05) is 12.1 Å². The minimum Gasteiger partial charge on any atom is -0.311 e. The Kier molecular flexibility index (Phi) is 3.48. The predicted octanol–water partition coefficient (Wildman–Crippen LogP) is 2.69. The van der Waals surface area contributed by atoms with Gasteiger partial charge < -0.3 is 5.32 Å². The lowest BCUT2D eigenvalue weighted by atomic mass is 10.0. The maximum absolute atomic E-state index is 12.1. The average Bonchev–Trinajstić information content (AvgIpc) is 3.31. The molecule has 2 aromatic heterocycles. The van der Waals surface area contributed by atoms with E-state index in [1.165, 1.54) is 6.92 Å². The summed E-state index contributed by atoms with van der Waals surface area (Å²) in [5.74, 6) is 0.657. The van der Waals surface area contributed by atoms with Crippen LogP contribution in [0, 0.1) is 5.92 Å². The van der Waals surface area contributed by atoms with Gasteiger partial charge in [-0.05, 0) is 36.6 Å². The summed E-state index contributed by atoms with van der Waals surface area (Å²) in [7, 11) is 0. The number of carbonyl (C=O) groups is 2. The zero-order valence-electron chi connectivity index (χ0n) is 11.7. The van der Waals surface area contributed by atoms with E-state index in [1.54, 1.807) is 24.7 Å². The van der Waals surface area contributed by atoms with Crippen molar-refractivity contribution < 1.29 is 9.59 Å². The van der Waals surface area contributed by atoms with E-state index < -0.39 is 0 Å². The molecule has 1 N–H and O–H groups in total. The molecule has 0 aliphatic heterocycles. The quantitative estimate of drug-likeness (QED) is 0.875. The zero-order valence-corrected chi connectivity index (χ0v) is 11.7. The fourth-order valence-corrected chi connectivity index (χ4v) is 2.17. The first kappa shape index (κ1) is 13.4. The fourth-order valence-electron chi connectivity index (χ4n) is 2.17. The van der Waals surface area contributed by atoms with Gasteiger partial charge in [0.2, 0.25) is 5.91 Å². The highest BCUT2D eigenvalue weighted by Crippen LogP contribution is 2.33. The van der Waals surface area contributed by atoms with E-state index in [2.05, 4.69) is 15.3 Å². The highest BCUT2D eigenvalue weighted by Gasteiger charge is 2.30. The van der Waals surface area contributed by atoms with Crippen LogP contribution in [0.4, 0.5) is 5.82 Å². The van der Waals surface area contributed by atoms with Crippen molar-refractivity contribution in [3.8, 4) is 11.1 Å². The fraction of sp³-hybridized carbons (Fsp3) is 0.250. The van der Waals surface area contributed by atoms with Crippen molar-refractivity contribution in [2.24, 2.45) is 5.92 Å². The molecule has 0 radical (unpaired) electrons. The predicted molar refractivity (Wildman–Crippen MR) is 78.8 cm³/mol. The Hall–Kier alpha value is -2.56. The SMILES string of the molecule is CC(=O)Nc1cc(-c2cncc(C(=O)C3CC3)c2)ccn1. The first-order valence-corrected chi connectivity index (χ1v) is 6.87. The summed E-state index contributed by atoms with van der Waals surface area (Å²) in [6.45, 7) is 1.44. The molecule has 3 rings (SSSR count). The largest absolute Gasteiger partial charge is 0.311 e. The van der Waals surface area contributed by atoms with Crippen LogP contribution in [0.25, 0.3) is 11.1 Å². The number of Topliss-reactive ketones (excluding diaryl/α,β-unsaturated/α-hetero) is 1. The van der Waals surface area contributed by atoms with Crippen LogP contribution >= 0.6 is 0 Å². The van der Waals surface area contributed by atoms with Crippen molar-refractivity contribution in [1.29, 1.82) is 0 Å². The van der Waals surface area contributed by atoms with Gasteiger partial charge in [0.1, 0.15) is 5.82 Å². The Bertz CT molecular complexity index is 708. The third-order valence-corrected chi connectivity index (χ3v) is 3.37. The summed E-state index contributed by atoms with van der Waals surface area (Å²) >= 11 is 0. The number of amides is 1. The number of nitrogens with one attached hydrogen (secondary N) is 1. The first-order chi connectivity index (χ1) is 10.1. The highest BCUT2D eigenvalue weighted by atomic mass is 16.1. The Labute approximate surface area is 122 Å². The zero-order chi connectivity index (χ0) is 14.8. The lowest BCUT2D eigenvalue weighted by molar-refractivity contribution is -0.114. The van der Waals surface area contributed by atoms with Crippen LogP contribution in [0.15, 0.2) is 36.8 Å². The van der Waals surface area contributed by atoms with E-state index in [0.717, 1.165) is 24.0 Å². The minimum atomic E-state index is -0.171. The molecule has 21 heavy (non-hydrogen) atoms.